The molecule has 2 aromatic carbocycles. The second kappa shape index (κ2) is 6.07. The lowest BCUT2D eigenvalue weighted by atomic mass is 10.2. The van der Waals surface area contributed by atoms with Crippen molar-refractivity contribution in [1.82, 2.24) is 4.98 Å². The Labute approximate surface area is 131 Å². The summed E-state index contributed by atoms with van der Waals surface area (Å²) < 4.78 is 13.8. The molecule has 3 rings (SSSR count). The van der Waals surface area contributed by atoms with Crippen LogP contribution in [-0.4, -0.2) is 10.9 Å². The zero-order valence-corrected chi connectivity index (χ0v) is 12.7. The molecule has 22 heavy (non-hydrogen) atoms. The summed E-state index contributed by atoms with van der Waals surface area (Å²) in [6.07, 6.45) is 3.07. The van der Waals surface area contributed by atoms with E-state index in [9.17, 15) is 9.18 Å². The van der Waals surface area contributed by atoms with Crippen molar-refractivity contribution in [2.75, 3.05) is 5.32 Å². The Morgan fingerprint density at radius 3 is 2.77 bits per heavy atom. The number of benzene rings is 2. The molecule has 110 valence electrons. The summed E-state index contributed by atoms with van der Waals surface area (Å²) in [6, 6.07) is 11.6. The number of amides is 1. The van der Waals surface area contributed by atoms with Crippen molar-refractivity contribution in [3.63, 3.8) is 0 Å². The predicted molar refractivity (Wildman–Crippen MR) is 88.4 cm³/mol. The summed E-state index contributed by atoms with van der Waals surface area (Å²) in [5, 5.41) is 3.80. The number of fused-ring (bicyclic) bond motifs is 1. The van der Waals surface area contributed by atoms with Crippen molar-refractivity contribution in [3.8, 4) is 0 Å². The number of aromatic nitrogens is 1. The Morgan fingerprint density at radius 2 is 2.00 bits per heavy atom. The van der Waals surface area contributed by atoms with Crippen LogP contribution in [0.25, 0.3) is 16.3 Å². The molecule has 0 aliphatic rings. The number of hydrogen-bond acceptors (Lipinski definition) is 3. The van der Waals surface area contributed by atoms with Gasteiger partial charge < -0.3 is 5.32 Å². The largest absolute Gasteiger partial charge is 0.322 e. The van der Waals surface area contributed by atoms with E-state index in [0.717, 1.165) is 26.5 Å². The average Bonchev–Trinajstić information content (AvgIpc) is 2.86. The fraction of sp³-hybridized carbons (Fsp3) is 0.0588. The minimum absolute atomic E-state index is 0.232. The molecule has 1 heterocycles. The molecule has 0 aliphatic heterocycles. The molecule has 0 saturated heterocycles. The number of aryl methyl sites for hydroxylation is 1. The van der Waals surface area contributed by atoms with Crippen molar-refractivity contribution in [1.29, 1.82) is 0 Å². The van der Waals surface area contributed by atoms with Crippen molar-refractivity contribution >= 4 is 39.2 Å². The molecule has 3 nitrogen and oxygen atoms in total. The highest BCUT2D eigenvalue weighted by Crippen LogP contribution is 2.24. The molecule has 0 atom stereocenters. The van der Waals surface area contributed by atoms with Gasteiger partial charge in [0.25, 0.3) is 0 Å². The Kier molecular flexibility index (Phi) is 3.98. The summed E-state index contributed by atoms with van der Waals surface area (Å²) in [7, 11) is 0. The van der Waals surface area contributed by atoms with Gasteiger partial charge in [-0.15, -0.1) is 11.3 Å². The molecule has 0 aliphatic carbocycles. The molecule has 0 bridgehead atoms. The Balaban J connectivity index is 1.70. The predicted octanol–water partition coefficient (Wildman–Crippen LogP) is 4.40. The van der Waals surface area contributed by atoms with Gasteiger partial charge in [-0.25, -0.2) is 9.37 Å². The standard InChI is InChI=1S/C17H13FN2OS/c1-11-19-15-8-7-14(10-16(15)22-11)20-17(21)9-4-12-2-5-13(18)6-3-12/h2-10H,1H3,(H,20,21)/b9-4+. The van der Waals surface area contributed by atoms with E-state index >= 15 is 0 Å². The molecule has 0 fully saturated rings. The molecule has 3 aromatic rings. The number of carbonyl (C=O) groups is 1. The van der Waals surface area contributed by atoms with Gasteiger partial charge in [0.15, 0.2) is 0 Å². The van der Waals surface area contributed by atoms with Gasteiger partial charge in [-0.2, -0.15) is 0 Å². The van der Waals surface area contributed by atoms with Crippen LogP contribution in [-0.2, 0) is 4.79 Å². The van der Waals surface area contributed by atoms with Gasteiger partial charge in [0.1, 0.15) is 5.82 Å². The Hall–Kier alpha value is -2.53. The maximum absolute atomic E-state index is 12.8. The number of thiazole rings is 1. The van der Waals surface area contributed by atoms with Crippen LogP contribution < -0.4 is 5.32 Å². The highest BCUT2D eigenvalue weighted by Gasteiger charge is 2.03. The van der Waals surface area contributed by atoms with Crippen LogP contribution in [0.1, 0.15) is 10.6 Å². The number of halogens is 1. The molecule has 0 unspecified atom stereocenters. The fourth-order valence-electron chi connectivity index (χ4n) is 2.05. The summed E-state index contributed by atoms with van der Waals surface area (Å²) in [6.45, 7) is 1.95. The van der Waals surface area contributed by atoms with Crippen LogP contribution in [0.3, 0.4) is 0 Å². The van der Waals surface area contributed by atoms with E-state index in [-0.39, 0.29) is 11.7 Å². The maximum atomic E-state index is 12.8. The van der Waals surface area contributed by atoms with Gasteiger partial charge in [-0.3, -0.25) is 4.79 Å². The molecule has 1 amide bonds. The maximum Gasteiger partial charge on any atom is 0.248 e. The van der Waals surface area contributed by atoms with E-state index in [2.05, 4.69) is 10.3 Å². The van der Waals surface area contributed by atoms with Gasteiger partial charge in [-0.1, -0.05) is 12.1 Å². The lowest BCUT2D eigenvalue weighted by Gasteiger charge is -2.01. The molecule has 0 spiro atoms. The van der Waals surface area contributed by atoms with Gasteiger partial charge in [0.2, 0.25) is 5.91 Å². The second-order valence-corrected chi connectivity index (χ2v) is 6.02. The summed E-state index contributed by atoms with van der Waals surface area (Å²) in [4.78, 5) is 16.3. The quantitative estimate of drug-likeness (QED) is 0.729. The molecular formula is C17H13FN2OS. The fourth-order valence-corrected chi connectivity index (χ4v) is 2.91. The number of hydrogen-bond donors (Lipinski definition) is 1. The van der Waals surface area contributed by atoms with Crippen molar-refractivity contribution in [2.24, 2.45) is 0 Å². The van der Waals surface area contributed by atoms with Crippen molar-refractivity contribution in [3.05, 3.63) is 64.9 Å². The van der Waals surface area contributed by atoms with Crippen LogP contribution in [0.5, 0.6) is 0 Å². The number of rotatable bonds is 3. The van der Waals surface area contributed by atoms with E-state index in [1.165, 1.54) is 18.2 Å². The third-order valence-electron chi connectivity index (χ3n) is 3.06. The lowest BCUT2D eigenvalue weighted by molar-refractivity contribution is -0.111. The topological polar surface area (TPSA) is 42.0 Å². The summed E-state index contributed by atoms with van der Waals surface area (Å²) in [5.74, 6) is -0.528. The molecule has 0 radical (unpaired) electrons. The van der Waals surface area contributed by atoms with Crippen molar-refractivity contribution in [2.45, 2.75) is 6.92 Å². The molecular weight excluding hydrogens is 299 g/mol. The minimum Gasteiger partial charge on any atom is -0.322 e. The SMILES string of the molecule is Cc1nc2ccc(NC(=O)/C=C/c3ccc(F)cc3)cc2s1. The van der Waals surface area contributed by atoms with Gasteiger partial charge in [-0.05, 0) is 48.9 Å². The van der Waals surface area contributed by atoms with Crippen LogP contribution in [0.2, 0.25) is 0 Å². The molecule has 1 N–H and O–H groups in total. The summed E-state index contributed by atoms with van der Waals surface area (Å²) in [5.41, 5.74) is 2.43. The molecule has 0 saturated carbocycles. The third kappa shape index (κ3) is 3.38. The van der Waals surface area contributed by atoms with Crippen LogP contribution in [0.15, 0.2) is 48.5 Å². The second-order valence-electron chi connectivity index (χ2n) is 4.79. The first-order valence-corrected chi connectivity index (χ1v) is 7.54. The third-order valence-corrected chi connectivity index (χ3v) is 3.99. The Morgan fingerprint density at radius 1 is 1.23 bits per heavy atom. The first-order valence-electron chi connectivity index (χ1n) is 6.72. The molecule has 5 heteroatoms. The monoisotopic (exact) mass is 312 g/mol. The van der Waals surface area contributed by atoms with E-state index in [0.29, 0.717) is 0 Å². The number of nitrogens with zero attached hydrogens (tertiary/aromatic N) is 1. The highest BCUT2D eigenvalue weighted by atomic mass is 32.1. The zero-order valence-electron chi connectivity index (χ0n) is 11.8. The van der Waals surface area contributed by atoms with E-state index in [4.69, 9.17) is 0 Å². The van der Waals surface area contributed by atoms with Gasteiger partial charge in [0, 0.05) is 11.8 Å². The minimum atomic E-state index is -0.297. The van der Waals surface area contributed by atoms with Crippen LogP contribution in [0.4, 0.5) is 10.1 Å². The molecule has 1 aromatic heterocycles. The number of carbonyl (C=O) groups excluding carboxylic acids is 1. The van der Waals surface area contributed by atoms with Crippen LogP contribution >= 0.6 is 11.3 Å². The van der Waals surface area contributed by atoms with E-state index in [1.807, 2.05) is 25.1 Å². The normalized spacial score (nSPS) is 11.2. The first-order chi connectivity index (χ1) is 10.6. The Bertz CT molecular complexity index is 853. The van der Waals surface area contributed by atoms with Crippen molar-refractivity contribution < 1.29 is 9.18 Å². The van der Waals surface area contributed by atoms with E-state index in [1.54, 1.807) is 29.5 Å². The smallest absolute Gasteiger partial charge is 0.248 e. The average molecular weight is 312 g/mol. The summed E-state index contributed by atoms with van der Waals surface area (Å²) >= 11 is 1.59. The zero-order chi connectivity index (χ0) is 15.5. The van der Waals surface area contributed by atoms with Gasteiger partial charge in [0.05, 0.1) is 15.2 Å². The number of nitrogens with one attached hydrogen (secondary N) is 1. The highest BCUT2D eigenvalue weighted by molar-refractivity contribution is 7.18. The van der Waals surface area contributed by atoms with Crippen LogP contribution in [0, 0.1) is 12.7 Å². The first kappa shape index (κ1) is 14.4. The number of anilines is 1. The lowest BCUT2D eigenvalue weighted by Crippen LogP contribution is -2.07. The van der Waals surface area contributed by atoms with Gasteiger partial charge >= 0.3 is 0 Å². The van der Waals surface area contributed by atoms with E-state index < -0.39 is 0 Å².